The smallest absolute Gasteiger partial charge is 0.233 e. The number of hydrogen-bond donors (Lipinski definition) is 2. The maximum atomic E-state index is 13.1. The number of rotatable bonds is 6. The molecule has 2 N–H and O–H groups in total. The molecule has 0 saturated heterocycles. The normalized spacial score (nSPS) is 12.5. The number of sulfonamides is 1. The summed E-state index contributed by atoms with van der Waals surface area (Å²) in [5.74, 6) is -2.31. The first kappa shape index (κ1) is 18.2. The SMILES string of the molecule is CC(CS(=O)(=O)Nc1cccc(F)c1)C(=O)Nc1ccccc1Cl. The van der Waals surface area contributed by atoms with E-state index in [2.05, 4.69) is 10.0 Å². The molecule has 24 heavy (non-hydrogen) atoms. The standard InChI is InChI=1S/C16H16ClFN2O3S/c1-11(16(21)19-15-8-3-2-7-14(15)17)10-24(22,23)20-13-6-4-5-12(18)9-13/h2-9,11,20H,10H2,1H3,(H,19,21). The van der Waals surface area contributed by atoms with Crippen molar-refractivity contribution in [1.29, 1.82) is 0 Å². The molecule has 2 aromatic rings. The van der Waals surface area contributed by atoms with Gasteiger partial charge in [-0.05, 0) is 30.3 Å². The van der Waals surface area contributed by atoms with Gasteiger partial charge in [0.05, 0.1) is 28.1 Å². The van der Waals surface area contributed by atoms with Crippen molar-refractivity contribution in [2.75, 3.05) is 15.8 Å². The van der Waals surface area contributed by atoms with Crippen LogP contribution in [0.4, 0.5) is 15.8 Å². The lowest BCUT2D eigenvalue weighted by molar-refractivity contribution is -0.118. The number of hydrogen-bond acceptors (Lipinski definition) is 3. The van der Waals surface area contributed by atoms with Crippen LogP contribution in [0.25, 0.3) is 0 Å². The van der Waals surface area contributed by atoms with E-state index in [0.717, 1.165) is 6.07 Å². The van der Waals surface area contributed by atoms with E-state index in [1.165, 1.54) is 25.1 Å². The van der Waals surface area contributed by atoms with Crippen molar-refractivity contribution in [1.82, 2.24) is 0 Å². The fraction of sp³-hybridized carbons (Fsp3) is 0.188. The molecule has 8 heteroatoms. The third kappa shape index (κ3) is 5.21. The summed E-state index contributed by atoms with van der Waals surface area (Å²) < 4.78 is 39.6. The molecule has 0 aliphatic carbocycles. The van der Waals surface area contributed by atoms with Gasteiger partial charge in [-0.25, -0.2) is 12.8 Å². The van der Waals surface area contributed by atoms with Gasteiger partial charge in [0.15, 0.2) is 0 Å². The Balaban J connectivity index is 2.01. The molecule has 0 aliphatic heterocycles. The molecule has 0 saturated carbocycles. The highest BCUT2D eigenvalue weighted by molar-refractivity contribution is 7.92. The molecule has 0 aliphatic rings. The Morgan fingerprint density at radius 2 is 1.92 bits per heavy atom. The predicted molar refractivity (Wildman–Crippen MR) is 93.1 cm³/mol. The van der Waals surface area contributed by atoms with Crippen LogP contribution in [0.15, 0.2) is 48.5 Å². The van der Waals surface area contributed by atoms with Gasteiger partial charge in [0, 0.05) is 0 Å². The van der Waals surface area contributed by atoms with Crippen LogP contribution in [0.3, 0.4) is 0 Å². The Hall–Kier alpha value is -2.12. The molecular weight excluding hydrogens is 355 g/mol. The van der Waals surface area contributed by atoms with Gasteiger partial charge in [0.1, 0.15) is 5.82 Å². The number of nitrogens with one attached hydrogen (secondary N) is 2. The number of para-hydroxylation sites is 1. The van der Waals surface area contributed by atoms with Gasteiger partial charge in [-0.2, -0.15) is 0 Å². The van der Waals surface area contributed by atoms with Crippen LogP contribution in [-0.4, -0.2) is 20.1 Å². The van der Waals surface area contributed by atoms with Crippen molar-refractivity contribution in [3.63, 3.8) is 0 Å². The molecule has 0 radical (unpaired) electrons. The summed E-state index contributed by atoms with van der Waals surface area (Å²) in [6.07, 6.45) is 0. The third-order valence-electron chi connectivity index (χ3n) is 3.15. The molecule has 5 nitrogen and oxygen atoms in total. The first-order chi connectivity index (χ1) is 11.3. The number of amides is 1. The molecule has 1 atom stereocenters. The maximum Gasteiger partial charge on any atom is 0.233 e. The zero-order valence-electron chi connectivity index (χ0n) is 12.8. The Morgan fingerprint density at radius 3 is 2.58 bits per heavy atom. The van der Waals surface area contributed by atoms with E-state index in [9.17, 15) is 17.6 Å². The fourth-order valence-electron chi connectivity index (χ4n) is 2.00. The van der Waals surface area contributed by atoms with E-state index in [0.29, 0.717) is 10.7 Å². The molecule has 0 heterocycles. The van der Waals surface area contributed by atoms with Crippen LogP contribution in [0.1, 0.15) is 6.92 Å². The lowest BCUT2D eigenvalue weighted by Gasteiger charge is -2.14. The molecule has 0 fully saturated rings. The monoisotopic (exact) mass is 370 g/mol. The zero-order valence-corrected chi connectivity index (χ0v) is 14.4. The quantitative estimate of drug-likeness (QED) is 0.817. The Morgan fingerprint density at radius 1 is 1.21 bits per heavy atom. The number of anilines is 2. The average Bonchev–Trinajstić information content (AvgIpc) is 2.48. The van der Waals surface area contributed by atoms with Crippen molar-refractivity contribution in [2.24, 2.45) is 5.92 Å². The van der Waals surface area contributed by atoms with Gasteiger partial charge in [-0.15, -0.1) is 0 Å². The van der Waals surface area contributed by atoms with E-state index in [-0.39, 0.29) is 5.69 Å². The van der Waals surface area contributed by atoms with Gasteiger partial charge >= 0.3 is 0 Å². The minimum Gasteiger partial charge on any atom is -0.325 e. The summed E-state index contributed by atoms with van der Waals surface area (Å²) in [5, 5.41) is 2.94. The second kappa shape index (κ2) is 7.63. The topological polar surface area (TPSA) is 75.3 Å². The van der Waals surface area contributed by atoms with Crippen LogP contribution < -0.4 is 10.0 Å². The molecule has 128 valence electrons. The summed E-state index contributed by atoms with van der Waals surface area (Å²) in [7, 11) is -3.81. The highest BCUT2D eigenvalue weighted by atomic mass is 35.5. The molecule has 1 unspecified atom stereocenters. The second-order valence-corrected chi connectivity index (χ2v) is 7.44. The van der Waals surface area contributed by atoms with Crippen LogP contribution in [-0.2, 0) is 14.8 Å². The van der Waals surface area contributed by atoms with Gasteiger partial charge in [0.2, 0.25) is 15.9 Å². The van der Waals surface area contributed by atoms with E-state index in [1.807, 2.05) is 0 Å². The molecule has 0 spiro atoms. The second-order valence-electron chi connectivity index (χ2n) is 5.26. The highest BCUT2D eigenvalue weighted by Crippen LogP contribution is 2.21. The third-order valence-corrected chi connectivity index (χ3v) is 4.96. The van der Waals surface area contributed by atoms with Crippen molar-refractivity contribution in [2.45, 2.75) is 6.92 Å². The van der Waals surface area contributed by atoms with Gasteiger partial charge in [-0.1, -0.05) is 36.7 Å². The summed E-state index contributed by atoms with van der Waals surface area (Å²) >= 11 is 5.95. The first-order valence-corrected chi connectivity index (χ1v) is 9.11. The number of carbonyl (C=O) groups excluding carboxylic acids is 1. The van der Waals surface area contributed by atoms with E-state index in [4.69, 9.17) is 11.6 Å². The summed E-state index contributed by atoms with van der Waals surface area (Å²) in [5.41, 5.74) is 0.514. The van der Waals surface area contributed by atoms with E-state index in [1.54, 1.807) is 24.3 Å². The minimum absolute atomic E-state index is 0.105. The minimum atomic E-state index is -3.81. The largest absolute Gasteiger partial charge is 0.325 e. The van der Waals surface area contributed by atoms with E-state index < -0.39 is 33.4 Å². The fourth-order valence-corrected chi connectivity index (χ4v) is 3.56. The molecule has 2 aromatic carbocycles. The summed E-state index contributed by atoms with van der Waals surface area (Å²) in [6, 6.07) is 11.7. The zero-order chi connectivity index (χ0) is 17.7. The Labute approximate surface area is 144 Å². The lowest BCUT2D eigenvalue weighted by Crippen LogP contribution is -2.30. The highest BCUT2D eigenvalue weighted by Gasteiger charge is 2.22. The molecule has 2 rings (SSSR count). The number of benzene rings is 2. The molecule has 1 amide bonds. The lowest BCUT2D eigenvalue weighted by atomic mass is 10.2. The average molecular weight is 371 g/mol. The van der Waals surface area contributed by atoms with Crippen LogP contribution in [0, 0.1) is 11.7 Å². The summed E-state index contributed by atoms with van der Waals surface area (Å²) in [6.45, 7) is 1.48. The molecule has 0 bridgehead atoms. The molecular formula is C16H16ClFN2O3S. The van der Waals surface area contributed by atoms with Crippen LogP contribution >= 0.6 is 11.6 Å². The Kier molecular flexibility index (Phi) is 5.80. The predicted octanol–water partition coefficient (Wildman–Crippen LogP) is 3.50. The number of halogens is 2. The van der Waals surface area contributed by atoms with Crippen LogP contribution in [0.5, 0.6) is 0 Å². The number of carbonyl (C=O) groups is 1. The first-order valence-electron chi connectivity index (χ1n) is 7.08. The van der Waals surface area contributed by atoms with Crippen LogP contribution in [0.2, 0.25) is 5.02 Å². The van der Waals surface area contributed by atoms with Gasteiger partial charge < -0.3 is 5.32 Å². The van der Waals surface area contributed by atoms with Crippen molar-refractivity contribution in [3.8, 4) is 0 Å². The van der Waals surface area contributed by atoms with Gasteiger partial charge in [-0.3, -0.25) is 9.52 Å². The van der Waals surface area contributed by atoms with Gasteiger partial charge in [0.25, 0.3) is 0 Å². The van der Waals surface area contributed by atoms with Crippen molar-refractivity contribution in [3.05, 3.63) is 59.4 Å². The van der Waals surface area contributed by atoms with Crippen molar-refractivity contribution >= 4 is 38.9 Å². The van der Waals surface area contributed by atoms with E-state index >= 15 is 0 Å². The van der Waals surface area contributed by atoms with Crippen molar-refractivity contribution < 1.29 is 17.6 Å². The summed E-state index contributed by atoms with van der Waals surface area (Å²) in [4.78, 5) is 12.1. The Bertz CT molecular complexity index is 843. The molecule has 0 aromatic heterocycles. The maximum absolute atomic E-state index is 13.1.